The van der Waals surface area contributed by atoms with E-state index in [9.17, 15) is 0 Å². The van der Waals surface area contributed by atoms with Gasteiger partial charge in [0.1, 0.15) is 0 Å². The molecular formula is C19H23N. The van der Waals surface area contributed by atoms with Crippen molar-refractivity contribution in [1.82, 2.24) is 0 Å². The van der Waals surface area contributed by atoms with Gasteiger partial charge in [-0.2, -0.15) is 0 Å². The zero-order valence-corrected chi connectivity index (χ0v) is 12.0. The van der Waals surface area contributed by atoms with Crippen LogP contribution in [0.3, 0.4) is 0 Å². The summed E-state index contributed by atoms with van der Waals surface area (Å²) < 4.78 is 0. The molecular weight excluding hydrogens is 242 g/mol. The molecule has 2 aromatic carbocycles. The van der Waals surface area contributed by atoms with Gasteiger partial charge in [0.15, 0.2) is 0 Å². The Kier molecular flexibility index (Phi) is 3.03. The third-order valence-corrected chi connectivity index (χ3v) is 5.68. The molecule has 20 heavy (non-hydrogen) atoms. The predicted octanol–water partition coefficient (Wildman–Crippen LogP) is 4.15. The molecule has 2 aliphatic carbocycles. The summed E-state index contributed by atoms with van der Waals surface area (Å²) in [5, 5.41) is 2.72. The van der Waals surface area contributed by atoms with Crippen molar-refractivity contribution in [2.75, 3.05) is 0 Å². The summed E-state index contributed by atoms with van der Waals surface area (Å²) in [6.07, 6.45) is 6.76. The SMILES string of the molecule is NC(Cc1cccc2ccccc12)C1CC2CCC1C2. The fourth-order valence-electron chi connectivity index (χ4n) is 4.69. The van der Waals surface area contributed by atoms with E-state index >= 15 is 0 Å². The Labute approximate surface area is 121 Å². The Morgan fingerprint density at radius 1 is 1.00 bits per heavy atom. The van der Waals surface area contributed by atoms with E-state index in [0.29, 0.717) is 6.04 Å². The monoisotopic (exact) mass is 265 g/mol. The number of hydrogen-bond donors (Lipinski definition) is 1. The van der Waals surface area contributed by atoms with E-state index in [1.165, 1.54) is 42.0 Å². The highest BCUT2D eigenvalue weighted by Gasteiger charge is 2.41. The summed E-state index contributed by atoms with van der Waals surface area (Å²) in [5.74, 6) is 2.68. The average molecular weight is 265 g/mol. The van der Waals surface area contributed by atoms with E-state index in [1.54, 1.807) is 0 Å². The van der Waals surface area contributed by atoms with Gasteiger partial charge in [-0.05, 0) is 59.8 Å². The molecule has 4 atom stereocenters. The lowest BCUT2D eigenvalue weighted by Crippen LogP contribution is -2.35. The topological polar surface area (TPSA) is 26.0 Å². The minimum absolute atomic E-state index is 0.344. The Hall–Kier alpha value is -1.34. The van der Waals surface area contributed by atoms with E-state index in [2.05, 4.69) is 42.5 Å². The van der Waals surface area contributed by atoms with Gasteiger partial charge < -0.3 is 5.73 Å². The summed E-state index contributed by atoms with van der Waals surface area (Å²) in [4.78, 5) is 0. The lowest BCUT2D eigenvalue weighted by atomic mass is 9.81. The van der Waals surface area contributed by atoms with E-state index in [1.807, 2.05) is 0 Å². The van der Waals surface area contributed by atoms with Crippen LogP contribution in [0.1, 0.15) is 31.2 Å². The molecule has 0 heterocycles. The van der Waals surface area contributed by atoms with Gasteiger partial charge in [0.2, 0.25) is 0 Å². The van der Waals surface area contributed by atoms with E-state index < -0.39 is 0 Å². The molecule has 2 fully saturated rings. The van der Waals surface area contributed by atoms with Crippen LogP contribution in [0.15, 0.2) is 42.5 Å². The molecule has 0 spiro atoms. The molecule has 1 nitrogen and oxygen atoms in total. The predicted molar refractivity (Wildman–Crippen MR) is 84.6 cm³/mol. The zero-order valence-electron chi connectivity index (χ0n) is 12.0. The summed E-state index contributed by atoms with van der Waals surface area (Å²) in [5.41, 5.74) is 8.02. The van der Waals surface area contributed by atoms with Crippen molar-refractivity contribution in [3.05, 3.63) is 48.0 Å². The smallest absolute Gasteiger partial charge is 0.0111 e. The Bertz CT molecular complexity index is 613. The second kappa shape index (κ2) is 4.89. The van der Waals surface area contributed by atoms with E-state index in [-0.39, 0.29) is 0 Å². The van der Waals surface area contributed by atoms with Crippen LogP contribution in [-0.2, 0) is 6.42 Å². The van der Waals surface area contributed by atoms with Crippen LogP contribution < -0.4 is 5.73 Å². The molecule has 1 heteroatoms. The van der Waals surface area contributed by atoms with Crippen molar-refractivity contribution < 1.29 is 0 Å². The van der Waals surface area contributed by atoms with Crippen molar-refractivity contribution in [3.8, 4) is 0 Å². The highest BCUT2D eigenvalue weighted by molar-refractivity contribution is 5.85. The lowest BCUT2D eigenvalue weighted by Gasteiger charge is -2.28. The molecule has 4 unspecified atom stereocenters. The number of rotatable bonds is 3. The Balaban J connectivity index is 1.58. The normalized spacial score (nSPS) is 29.9. The van der Waals surface area contributed by atoms with Crippen molar-refractivity contribution in [2.24, 2.45) is 23.5 Å². The van der Waals surface area contributed by atoms with E-state index in [4.69, 9.17) is 5.73 Å². The van der Waals surface area contributed by atoms with Gasteiger partial charge in [-0.15, -0.1) is 0 Å². The summed E-state index contributed by atoms with van der Waals surface area (Å²) in [6, 6.07) is 15.6. The maximum Gasteiger partial charge on any atom is 0.0111 e. The van der Waals surface area contributed by atoms with Crippen LogP contribution in [0, 0.1) is 17.8 Å². The van der Waals surface area contributed by atoms with Crippen LogP contribution in [0.25, 0.3) is 10.8 Å². The first-order valence-electron chi connectivity index (χ1n) is 8.03. The zero-order chi connectivity index (χ0) is 13.5. The molecule has 0 amide bonds. The number of nitrogens with two attached hydrogens (primary N) is 1. The number of fused-ring (bicyclic) bond motifs is 3. The van der Waals surface area contributed by atoms with Gasteiger partial charge in [0.05, 0.1) is 0 Å². The van der Waals surface area contributed by atoms with Crippen molar-refractivity contribution in [1.29, 1.82) is 0 Å². The molecule has 0 aromatic heterocycles. The quantitative estimate of drug-likeness (QED) is 0.886. The molecule has 0 aliphatic heterocycles. The first kappa shape index (κ1) is 12.4. The maximum absolute atomic E-state index is 6.59. The van der Waals surface area contributed by atoms with Crippen molar-refractivity contribution >= 4 is 10.8 Å². The second-order valence-corrected chi connectivity index (χ2v) is 6.84. The third-order valence-electron chi connectivity index (χ3n) is 5.68. The van der Waals surface area contributed by atoms with Crippen LogP contribution in [0.5, 0.6) is 0 Å². The van der Waals surface area contributed by atoms with Gasteiger partial charge in [0.25, 0.3) is 0 Å². The summed E-state index contributed by atoms with van der Waals surface area (Å²) in [6.45, 7) is 0. The molecule has 0 radical (unpaired) electrons. The molecule has 2 saturated carbocycles. The largest absolute Gasteiger partial charge is 0.327 e. The second-order valence-electron chi connectivity index (χ2n) is 6.84. The summed E-state index contributed by atoms with van der Waals surface area (Å²) in [7, 11) is 0. The van der Waals surface area contributed by atoms with Crippen LogP contribution in [0.2, 0.25) is 0 Å². The number of benzene rings is 2. The average Bonchev–Trinajstić information content (AvgIpc) is 3.10. The fourth-order valence-corrected chi connectivity index (χ4v) is 4.69. The van der Waals surface area contributed by atoms with Gasteiger partial charge in [-0.3, -0.25) is 0 Å². The fraction of sp³-hybridized carbons (Fsp3) is 0.474. The molecule has 2 bridgehead atoms. The third kappa shape index (κ3) is 2.05. The Morgan fingerprint density at radius 2 is 1.85 bits per heavy atom. The standard InChI is InChI=1S/C19H23N/c20-19(18-11-13-8-9-16(18)10-13)12-15-6-3-5-14-4-1-2-7-17(14)15/h1-7,13,16,18-19H,8-12,20H2. The maximum atomic E-state index is 6.59. The first-order chi connectivity index (χ1) is 9.81. The van der Waals surface area contributed by atoms with Crippen LogP contribution in [0.4, 0.5) is 0 Å². The molecule has 104 valence electrons. The minimum Gasteiger partial charge on any atom is -0.327 e. The summed E-state index contributed by atoms with van der Waals surface area (Å²) >= 11 is 0. The molecule has 2 aromatic rings. The van der Waals surface area contributed by atoms with Gasteiger partial charge in [-0.25, -0.2) is 0 Å². The van der Waals surface area contributed by atoms with E-state index in [0.717, 1.165) is 24.2 Å². The molecule has 2 aliphatic rings. The lowest BCUT2D eigenvalue weighted by molar-refractivity contribution is 0.280. The molecule has 2 N–H and O–H groups in total. The van der Waals surface area contributed by atoms with Gasteiger partial charge in [-0.1, -0.05) is 48.9 Å². The molecule has 0 saturated heterocycles. The van der Waals surface area contributed by atoms with Gasteiger partial charge in [0, 0.05) is 6.04 Å². The van der Waals surface area contributed by atoms with Crippen molar-refractivity contribution in [3.63, 3.8) is 0 Å². The number of hydrogen-bond acceptors (Lipinski definition) is 1. The van der Waals surface area contributed by atoms with Crippen LogP contribution >= 0.6 is 0 Å². The van der Waals surface area contributed by atoms with Crippen molar-refractivity contribution in [2.45, 2.75) is 38.1 Å². The minimum atomic E-state index is 0.344. The highest BCUT2D eigenvalue weighted by atomic mass is 14.7. The van der Waals surface area contributed by atoms with Gasteiger partial charge >= 0.3 is 0 Å². The first-order valence-corrected chi connectivity index (χ1v) is 8.03. The Morgan fingerprint density at radius 3 is 2.65 bits per heavy atom. The molecule has 4 rings (SSSR count). The highest BCUT2D eigenvalue weighted by Crippen LogP contribution is 2.49. The van der Waals surface area contributed by atoms with Crippen LogP contribution in [-0.4, -0.2) is 6.04 Å².